The van der Waals surface area contributed by atoms with Crippen LogP contribution in [-0.4, -0.2) is 26.4 Å². The summed E-state index contributed by atoms with van der Waals surface area (Å²) in [4.78, 5) is 11.6. The minimum absolute atomic E-state index is 0.109. The van der Waals surface area contributed by atoms with Gasteiger partial charge < -0.3 is 11.1 Å². The molecule has 0 radical (unpaired) electrons. The van der Waals surface area contributed by atoms with E-state index in [0.29, 0.717) is 12.1 Å². The number of hydrogen-bond donors (Lipinski definition) is 3. The summed E-state index contributed by atoms with van der Waals surface area (Å²) in [6, 6.07) is 6.21. The molecule has 1 aliphatic carbocycles. The Labute approximate surface area is 144 Å². The summed E-state index contributed by atoms with van der Waals surface area (Å²) < 4.78 is 28.3. The third-order valence-electron chi connectivity index (χ3n) is 4.92. The summed E-state index contributed by atoms with van der Waals surface area (Å²) in [5.74, 6) is 0.0935. The Morgan fingerprint density at radius 3 is 2.50 bits per heavy atom. The standard InChI is InChI=1S/C17H27N3O3S/c1-3-16(21)19-14-7-9-15(10-8-14)24(22,23)20-17(12-18)11-5-4-6-13(17)2/h7-10,13,20H,3-6,11-12,18H2,1-2H3,(H,19,21). The number of amides is 1. The van der Waals surface area contributed by atoms with Crippen LogP contribution >= 0.6 is 0 Å². The molecule has 0 bridgehead atoms. The Morgan fingerprint density at radius 2 is 1.96 bits per heavy atom. The van der Waals surface area contributed by atoms with Crippen LogP contribution in [0.25, 0.3) is 0 Å². The average molecular weight is 353 g/mol. The van der Waals surface area contributed by atoms with E-state index in [4.69, 9.17) is 5.73 Å². The molecule has 2 atom stereocenters. The Kier molecular flexibility index (Phi) is 6.01. The molecule has 4 N–H and O–H groups in total. The van der Waals surface area contributed by atoms with E-state index < -0.39 is 15.6 Å². The third-order valence-corrected chi connectivity index (χ3v) is 6.49. The summed E-state index contributed by atoms with van der Waals surface area (Å²) in [5, 5.41) is 2.70. The average Bonchev–Trinajstić information content (AvgIpc) is 2.57. The quantitative estimate of drug-likeness (QED) is 0.730. The minimum Gasteiger partial charge on any atom is -0.329 e. The van der Waals surface area contributed by atoms with Gasteiger partial charge >= 0.3 is 0 Å². The number of hydrogen-bond acceptors (Lipinski definition) is 4. The summed E-state index contributed by atoms with van der Waals surface area (Å²) in [6.45, 7) is 4.10. The molecule has 6 nitrogen and oxygen atoms in total. The van der Waals surface area contributed by atoms with E-state index in [9.17, 15) is 13.2 Å². The van der Waals surface area contributed by atoms with Crippen molar-refractivity contribution < 1.29 is 13.2 Å². The molecule has 2 unspecified atom stereocenters. The van der Waals surface area contributed by atoms with Gasteiger partial charge in [-0.2, -0.15) is 0 Å². The van der Waals surface area contributed by atoms with Crippen molar-refractivity contribution in [2.75, 3.05) is 11.9 Å². The van der Waals surface area contributed by atoms with Crippen molar-refractivity contribution in [2.45, 2.75) is 56.4 Å². The maximum Gasteiger partial charge on any atom is 0.241 e. The second-order valence-corrected chi connectivity index (χ2v) is 8.22. The van der Waals surface area contributed by atoms with E-state index in [1.165, 1.54) is 12.1 Å². The molecule has 7 heteroatoms. The largest absolute Gasteiger partial charge is 0.329 e. The van der Waals surface area contributed by atoms with E-state index in [1.54, 1.807) is 19.1 Å². The third kappa shape index (κ3) is 4.15. The molecule has 2 rings (SSSR count). The molecule has 0 spiro atoms. The predicted molar refractivity (Wildman–Crippen MR) is 95.1 cm³/mol. The van der Waals surface area contributed by atoms with Crippen LogP contribution < -0.4 is 15.8 Å². The van der Waals surface area contributed by atoms with Gasteiger partial charge in [0.25, 0.3) is 0 Å². The number of nitrogens with one attached hydrogen (secondary N) is 2. The highest BCUT2D eigenvalue weighted by molar-refractivity contribution is 7.89. The molecule has 0 heterocycles. The Bertz CT molecular complexity index is 673. The van der Waals surface area contributed by atoms with Gasteiger partial charge in [0.15, 0.2) is 0 Å². The van der Waals surface area contributed by atoms with Gasteiger partial charge in [-0.3, -0.25) is 4.79 Å². The molecule has 1 aromatic carbocycles. The lowest BCUT2D eigenvalue weighted by Crippen LogP contribution is -2.58. The van der Waals surface area contributed by atoms with Crippen molar-refractivity contribution in [1.82, 2.24) is 4.72 Å². The highest BCUT2D eigenvalue weighted by Crippen LogP contribution is 2.34. The molecule has 134 valence electrons. The van der Waals surface area contributed by atoms with Crippen molar-refractivity contribution >= 4 is 21.6 Å². The first kappa shape index (κ1) is 18.9. The van der Waals surface area contributed by atoms with Gasteiger partial charge in [0.05, 0.1) is 4.90 Å². The summed E-state index contributed by atoms with van der Waals surface area (Å²) in [6.07, 6.45) is 4.19. The maximum atomic E-state index is 12.7. The zero-order chi connectivity index (χ0) is 17.8. The van der Waals surface area contributed by atoms with Crippen LogP contribution in [0.1, 0.15) is 46.0 Å². The smallest absolute Gasteiger partial charge is 0.241 e. The van der Waals surface area contributed by atoms with Gasteiger partial charge in [-0.25, -0.2) is 13.1 Å². The van der Waals surface area contributed by atoms with Gasteiger partial charge in [0.2, 0.25) is 15.9 Å². The van der Waals surface area contributed by atoms with Crippen molar-refractivity contribution in [3.05, 3.63) is 24.3 Å². The van der Waals surface area contributed by atoms with Crippen LogP contribution in [0.3, 0.4) is 0 Å². The minimum atomic E-state index is -3.66. The zero-order valence-electron chi connectivity index (χ0n) is 14.3. The molecular formula is C17H27N3O3S. The van der Waals surface area contributed by atoms with Crippen molar-refractivity contribution in [1.29, 1.82) is 0 Å². The monoisotopic (exact) mass is 353 g/mol. The van der Waals surface area contributed by atoms with Gasteiger partial charge in [-0.05, 0) is 43.0 Å². The molecule has 0 aliphatic heterocycles. The van der Waals surface area contributed by atoms with Crippen LogP contribution in [0.15, 0.2) is 29.2 Å². The predicted octanol–water partition coefficient (Wildman–Crippen LogP) is 2.22. The van der Waals surface area contributed by atoms with Crippen LogP contribution in [0, 0.1) is 5.92 Å². The second kappa shape index (κ2) is 7.63. The van der Waals surface area contributed by atoms with E-state index in [-0.39, 0.29) is 23.3 Å². The number of rotatable bonds is 6. The first-order valence-electron chi connectivity index (χ1n) is 8.47. The second-order valence-electron chi connectivity index (χ2n) is 6.54. The van der Waals surface area contributed by atoms with Gasteiger partial charge in [-0.15, -0.1) is 0 Å². The van der Waals surface area contributed by atoms with E-state index in [0.717, 1.165) is 25.7 Å². The lowest BCUT2D eigenvalue weighted by Gasteiger charge is -2.42. The van der Waals surface area contributed by atoms with E-state index >= 15 is 0 Å². The molecule has 1 aromatic rings. The van der Waals surface area contributed by atoms with E-state index in [1.807, 2.05) is 0 Å². The van der Waals surface area contributed by atoms with Crippen LogP contribution in [-0.2, 0) is 14.8 Å². The van der Waals surface area contributed by atoms with Crippen molar-refractivity contribution in [2.24, 2.45) is 11.7 Å². The number of benzene rings is 1. The first-order chi connectivity index (χ1) is 11.3. The summed E-state index contributed by atoms with van der Waals surface area (Å²) in [5.41, 5.74) is 5.94. The van der Waals surface area contributed by atoms with Gasteiger partial charge in [0.1, 0.15) is 0 Å². The fourth-order valence-corrected chi connectivity index (χ4v) is 4.74. The fourth-order valence-electron chi connectivity index (χ4n) is 3.20. The number of carbonyl (C=O) groups is 1. The fraction of sp³-hybridized carbons (Fsp3) is 0.588. The molecule has 1 fully saturated rings. The summed E-state index contributed by atoms with van der Waals surface area (Å²) >= 11 is 0. The number of carbonyl (C=O) groups excluding carboxylic acids is 1. The van der Waals surface area contributed by atoms with E-state index in [2.05, 4.69) is 17.0 Å². The maximum absolute atomic E-state index is 12.7. The van der Waals surface area contributed by atoms with Crippen LogP contribution in [0.4, 0.5) is 5.69 Å². The first-order valence-corrected chi connectivity index (χ1v) is 9.95. The molecule has 1 saturated carbocycles. The zero-order valence-corrected chi connectivity index (χ0v) is 15.2. The van der Waals surface area contributed by atoms with Gasteiger partial charge in [-0.1, -0.05) is 26.7 Å². The molecule has 0 saturated heterocycles. The van der Waals surface area contributed by atoms with Gasteiger partial charge in [0, 0.05) is 24.2 Å². The van der Waals surface area contributed by atoms with Crippen LogP contribution in [0.5, 0.6) is 0 Å². The van der Waals surface area contributed by atoms with Crippen molar-refractivity contribution in [3.8, 4) is 0 Å². The molecule has 1 amide bonds. The molecule has 0 aromatic heterocycles. The lowest BCUT2D eigenvalue weighted by atomic mass is 9.74. The van der Waals surface area contributed by atoms with Crippen LogP contribution in [0.2, 0.25) is 0 Å². The molecule has 24 heavy (non-hydrogen) atoms. The Balaban J connectivity index is 2.19. The highest BCUT2D eigenvalue weighted by Gasteiger charge is 2.40. The number of anilines is 1. The number of sulfonamides is 1. The summed E-state index contributed by atoms with van der Waals surface area (Å²) in [7, 11) is -3.66. The Hall–Kier alpha value is -1.44. The Morgan fingerprint density at radius 1 is 1.29 bits per heavy atom. The SMILES string of the molecule is CCC(=O)Nc1ccc(S(=O)(=O)NC2(CN)CCCCC2C)cc1. The topological polar surface area (TPSA) is 101 Å². The normalized spacial score (nSPS) is 24.5. The number of nitrogens with two attached hydrogens (primary N) is 1. The highest BCUT2D eigenvalue weighted by atomic mass is 32.2. The van der Waals surface area contributed by atoms with Crippen molar-refractivity contribution in [3.63, 3.8) is 0 Å². The molecular weight excluding hydrogens is 326 g/mol. The molecule has 1 aliphatic rings. The lowest BCUT2D eigenvalue weighted by molar-refractivity contribution is -0.115.